The molecule has 0 aliphatic heterocycles. The summed E-state index contributed by atoms with van der Waals surface area (Å²) in [4.78, 5) is 27.2. The van der Waals surface area contributed by atoms with E-state index in [2.05, 4.69) is 0 Å². The average Bonchev–Trinajstić information content (AvgIpc) is 2.05. The summed E-state index contributed by atoms with van der Waals surface area (Å²) < 4.78 is 4.83. The normalized spacial score (nSPS) is 7.40. The summed E-state index contributed by atoms with van der Waals surface area (Å²) in [6.45, 7) is 6.75. The number of hydrogen-bond acceptors (Lipinski definition) is 4. The van der Waals surface area contributed by atoms with Crippen molar-refractivity contribution in [3.05, 3.63) is 0 Å². The summed E-state index contributed by atoms with van der Waals surface area (Å²) >= 11 is 0. The highest BCUT2D eigenvalue weighted by Gasteiger charge is 2.04. The Morgan fingerprint density at radius 1 is 0.933 bits per heavy atom. The van der Waals surface area contributed by atoms with E-state index in [9.17, 15) is 0 Å². The molecule has 0 aliphatic rings. The Labute approximate surface area is 87.3 Å². The van der Waals surface area contributed by atoms with E-state index in [4.69, 9.17) is 34.4 Å². The third-order valence-electron chi connectivity index (χ3n) is 0.591. The maximum atomic E-state index is 9.10. The van der Waals surface area contributed by atoms with E-state index in [-0.39, 0.29) is 0 Å². The molecule has 0 aromatic rings. The van der Waals surface area contributed by atoms with Gasteiger partial charge in [-0.1, -0.05) is 0 Å². The van der Waals surface area contributed by atoms with Crippen LogP contribution in [0.25, 0.3) is 0 Å². The summed E-state index contributed by atoms with van der Waals surface area (Å²) in [6.07, 6.45) is 0. The lowest BCUT2D eigenvalue weighted by molar-refractivity contribution is -0.159. The van der Waals surface area contributed by atoms with Gasteiger partial charge in [0.1, 0.15) is 0 Å². The van der Waals surface area contributed by atoms with Gasteiger partial charge in [0.2, 0.25) is 0 Å². The second kappa shape index (κ2) is 14.9. The highest BCUT2D eigenvalue weighted by Crippen LogP contribution is 1.64. The minimum atomic E-state index is -1.82. The van der Waals surface area contributed by atoms with Gasteiger partial charge < -0.3 is 20.1 Å². The molecule has 7 nitrogen and oxygen atoms in total. The van der Waals surface area contributed by atoms with Crippen molar-refractivity contribution in [3.63, 3.8) is 0 Å². The second-order valence-electron chi connectivity index (χ2n) is 1.91. The van der Waals surface area contributed by atoms with Crippen LogP contribution in [0.4, 0.5) is 0 Å². The molecule has 0 bridgehead atoms. The van der Waals surface area contributed by atoms with Crippen molar-refractivity contribution in [1.82, 2.24) is 0 Å². The predicted molar refractivity (Wildman–Crippen MR) is 50.7 cm³/mol. The molecule has 90 valence electrons. The molecule has 0 saturated heterocycles. The lowest BCUT2D eigenvalue weighted by Crippen LogP contribution is -2.09. The fourth-order valence-corrected chi connectivity index (χ4v) is 0.204. The van der Waals surface area contributed by atoms with Crippen LogP contribution in [0.3, 0.4) is 0 Å². The van der Waals surface area contributed by atoms with Gasteiger partial charge >= 0.3 is 11.9 Å². The van der Waals surface area contributed by atoms with E-state index >= 15 is 0 Å². The molecule has 0 saturated carbocycles. The quantitative estimate of drug-likeness (QED) is 0.576. The van der Waals surface area contributed by atoms with Crippen LogP contribution in [-0.4, -0.2) is 46.4 Å². The summed E-state index contributed by atoms with van der Waals surface area (Å²) in [5.74, 6) is -4.48. The molecule has 15 heavy (non-hydrogen) atoms. The van der Waals surface area contributed by atoms with Crippen LogP contribution in [0.5, 0.6) is 0 Å². The highest BCUT2D eigenvalue weighted by molar-refractivity contribution is 6.27. The zero-order valence-electron chi connectivity index (χ0n) is 8.89. The zero-order chi connectivity index (χ0) is 12.9. The number of hydrogen-bond donors (Lipinski definition) is 3. The number of carbonyl (C=O) groups is 3. The van der Waals surface area contributed by atoms with Gasteiger partial charge in [-0.15, -0.1) is 0 Å². The fraction of sp³-hybridized carbons (Fsp3) is 0.625. The Kier molecular flexibility index (Phi) is 18.9. The van der Waals surface area contributed by atoms with Gasteiger partial charge in [-0.05, 0) is 13.8 Å². The van der Waals surface area contributed by atoms with E-state index < -0.39 is 17.9 Å². The number of aliphatic carboxylic acids is 3. The van der Waals surface area contributed by atoms with Gasteiger partial charge in [0.05, 0.1) is 0 Å². The standard InChI is InChI=1S/C4H10O.C2H2O4.C2H4O2/c1-3-5-4-2;3-1(4)2(5)6;1-2(3)4/h3-4H2,1-2H3;(H,3,4)(H,5,6);1H3,(H,3,4). The monoisotopic (exact) mass is 224 g/mol. The largest absolute Gasteiger partial charge is 0.481 e. The molecule has 0 aliphatic carbocycles. The van der Waals surface area contributed by atoms with Crippen LogP contribution in [0, 0.1) is 0 Å². The van der Waals surface area contributed by atoms with Crippen LogP contribution in [0.1, 0.15) is 20.8 Å². The molecule has 0 atom stereocenters. The molecule has 0 heterocycles. The van der Waals surface area contributed by atoms with Crippen molar-refractivity contribution in [3.8, 4) is 0 Å². The topological polar surface area (TPSA) is 121 Å². The first-order chi connectivity index (χ1) is 6.79. The van der Waals surface area contributed by atoms with Crippen molar-refractivity contribution in [2.45, 2.75) is 20.8 Å². The molecular formula is C8H16O7. The highest BCUT2D eigenvalue weighted by atomic mass is 16.5. The van der Waals surface area contributed by atoms with E-state index in [1.165, 1.54) is 0 Å². The maximum Gasteiger partial charge on any atom is 0.414 e. The summed E-state index contributed by atoms with van der Waals surface area (Å²) in [7, 11) is 0. The maximum absolute atomic E-state index is 9.10. The zero-order valence-corrected chi connectivity index (χ0v) is 8.89. The number of ether oxygens (including phenoxy) is 1. The Morgan fingerprint density at radius 2 is 1.13 bits per heavy atom. The Balaban J connectivity index is -0.000000147. The summed E-state index contributed by atoms with van der Waals surface area (Å²) in [6, 6.07) is 0. The third kappa shape index (κ3) is 69.7. The lowest BCUT2D eigenvalue weighted by atomic mass is 10.7. The molecule has 0 aromatic heterocycles. The van der Waals surface area contributed by atoms with E-state index in [1.54, 1.807) is 0 Å². The van der Waals surface area contributed by atoms with Crippen molar-refractivity contribution in [2.24, 2.45) is 0 Å². The average molecular weight is 224 g/mol. The SMILES string of the molecule is CC(=O)O.CCOCC.O=C(O)C(=O)O. The first-order valence-corrected chi connectivity index (χ1v) is 4.02. The van der Waals surface area contributed by atoms with Crippen LogP contribution in [0.2, 0.25) is 0 Å². The molecule has 0 spiro atoms. The number of rotatable bonds is 2. The van der Waals surface area contributed by atoms with Gasteiger partial charge in [-0.2, -0.15) is 0 Å². The van der Waals surface area contributed by atoms with Crippen LogP contribution >= 0.6 is 0 Å². The summed E-state index contributed by atoms with van der Waals surface area (Å²) in [5.41, 5.74) is 0. The van der Waals surface area contributed by atoms with E-state index in [0.717, 1.165) is 20.1 Å². The van der Waals surface area contributed by atoms with Gasteiger partial charge in [-0.3, -0.25) is 4.79 Å². The Bertz CT molecular complexity index is 169. The van der Waals surface area contributed by atoms with Crippen molar-refractivity contribution >= 4 is 17.9 Å². The molecular weight excluding hydrogens is 208 g/mol. The van der Waals surface area contributed by atoms with E-state index in [1.807, 2.05) is 13.8 Å². The first kappa shape index (κ1) is 19.0. The Hall–Kier alpha value is -1.63. The van der Waals surface area contributed by atoms with Gasteiger partial charge in [0, 0.05) is 20.1 Å². The van der Waals surface area contributed by atoms with E-state index in [0.29, 0.717) is 0 Å². The molecule has 0 rings (SSSR count). The van der Waals surface area contributed by atoms with Crippen molar-refractivity contribution in [2.75, 3.05) is 13.2 Å². The van der Waals surface area contributed by atoms with Crippen LogP contribution in [-0.2, 0) is 19.1 Å². The molecule has 0 fully saturated rings. The fourth-order valence-electron chi connectivity index (χ4n) is 0.204. The van der Waals surface area contributed by atoms with Crippen LogP contribution < -0.4 is 0 Å². The number of carboxylic acid groups (broad SMARTS) is 3. The van der Waals surface area contributed by atoms with Crippen LogP contribution in [0.15, 0.2) is 0 Å². The van der Waals surface area contributed by atoms with Crippen molar-refractivity contribution < 1.29 is 34.4 Å². The smallest absolute Gasteiger partial charge is 0.414 e. The minimum Gasteiger partial charge on any atom is -0.481 e. The third-order valence-corrected chi connectivity index (χ3v) is 0.591. The second-order valence-corrected chi connectivity index (χ2v) is 1.91. The molecule has 3 N–H and O–H groups in total. The molecule has 0 amide bonds. The lowest BCUT2D eigenvalue weighted by Gasteiger charge is -1.86. The van der Waals surface area contributed by atoms with Gasteiger partial charge in [0.15, 0.2) is 0 Å². The summed E-state index contributed by atoms with van der Waals surface area (Å²) in [5, 5.41) is 22.2. The molecule has 7 heteroatoms. The number of carboxylic acids is 3. The predicted octanol–water partition coefficient (Wildman–Crippen LogP) is 0.289. The Morgan fingerprint density at radius 3 is 1.13 bits per heavy atom. The van der Waals surface area contributed by atoms with Gasteiger partial charge in [0.25, 0.3) is 5.97 Å². The van der Waals surface area contributed by atoms with Crippen molar-refractivity contribution in [1.29, 1.82) is 0 Å². The molecule has 0 unspecified atom stereocenters. The first-order valence-electron chi connectivity index (χ1n) is 4.02. The molecule has 0 radical (unpaired) electrons. The van der Waals surface area contributed by atoms with Gasteiger partial charge in [-0.25, -0.2) is 9.59 Å². The minimum absolute atomic E-state index is 0.833. The molecule has 0 aromatic carbocycles.